The number of piperidine rings is 1. The van der Waals surface area contributed by atoms with Gasteiger partial charge in [-0.2, -0.15) is 5.26 Å². The first kappa shape index (κ1) is 13.8. The highest BCUT2D eigenvalue weighted by Gasteiger charge is 2.31. The van der Waals surface area contributed by atoms with E-state index in [0.29, 0.717) is 12.0 Å². The van der Waals surface area contributed by atoms with Crippen molar-refractivity contribution >= 4 is 0 Å². The van der Waals surface area contributed by atoms with Crippen LogP contribution >= 0.6 is 0 Å². The first-order valence-electron chi connectivity index (χ1n) is 6.97. The molecule has 0 bridgehead atoms. The molecule has 2 fully saturated rings. The zero-order chi connectivity index (χ0) is 13.0. The standard InChI is InChI=1S/C14H24N2O2/c1-14(2,11-15)16-6-3-13(4-7-16)18-10-12-5-8-17-9-12/h12-13H,3-10H2,1-2H3/t12-/m0/s1. The molecule has 2 rings (SSSR count). The zero-order valence-corrected chi connectivity index (χ0v) is 11.5. The molecule has 0 unspecified atom stereocenters. The fourth-order valence-corrected chi connectivity index (χ4v) is 2.64. The van der Waals surface area contributed by atoms with Gasteiger partial charge < -0.3 is 9.47 Å². The first-order chi connectivity index (χ1) is 8.62. The summed E-state index contributed by atoms with van der Waals surface area (Å²) in [7, 11) is 0. The van der Waals surface area contributed by atoms with E-state index >= 15 is 0 Å². The lowest BCUT2D eigenvalue weighted by Gasteiger charge is -2.38. The van der Waals surface area contributed by atoms with E-state index in [-0.39, 0.29) is 5.54 Å². The fourth-order valence-electron chi connectivity index (χ4n) is 2.64. The SMILES string of the molecule is CC(C)(C#N)N1CCC(OC[C@H]2CCOC2)CC1. The van der Waals surface area contributed by atoms with Crippen LogP contribution in [0, 0.1) is 17.2 Å². The van der Waals surface area contributed by atoms with Gasteiger partial charge in [0.2, 0.25) is 0 Å². The largest absolute Gasteiger partial charge is 0.381 e. The van der Waals surface area contributed by atoms with Gasteiger partial charge in [0, 0.05) is 25.6 Å². The minimum absolute atomic E-state index is 0.343. The van der Waals surface area contributed by atoms with Crippen molar-refractivity contribution < 1.29 is 9.47 Å². The Morgan fingerprint density at radius 1 is 1.33 bits per heavy atom. The second-order valence-corrected chi connectivity index (χ2v) is 5.92. The molecule has 18 heavy (non-hydrogen) atoms. The monoisotopic (exact) mass is 252 g/mol. The second kappa shape index (κ2) is 6.01. The maximum absolute atomic E-state index is 9.12. The van der Waals surface area contributed by atoms with Gasteiger partial charge in [0.05, 0.1) is 25.4 Å². The lowest BCUT2D eigenvalue weighted by molar-refractivity contribution is -0.0217. The van der Waals surface area contributed by atoms with E-state index in [0.717, 1.165) is 52.2 Å². The molecule has 1 atom stereocenters. The van der Waals surface area contributed by atoms with Crippen molar-refractivity contribution in [1.29, 1.82) is 5.26 Å². The van der Waals surface area contributed by atoms with Gasteiger partial charge >= 0.3 is 0 Å². The molecule has 0 amide bonds. The Bertz CT molecular complexity index is 297. The van der Waals surface area contributed by atoms with Crippen LogP contribution in [0.3, 0.4) is 0 Å². The van der Waals surface area contributed by atoms with Crippen molar-refractivity contribution in [3.8, 4) is 6.07 Å². The molecule has 102 valence electrons. The maximum Gasteiger partial charge on any atom is 0.103 e. The Kier molecular flexibility index (Phi) is 4.60. The Morgan fingerprint density at radius 2 is 2.06 bits per heavy atom. The first-order valence-corrected chi connectivity index (χ1v) is 6.97. The van der Waals surface area contributed by atoms with Crippen LogP contribution in [0.5, 0.6) is 0 Å². The molecule has 0 aromatic carbocycles. The van der Waals surface area contributed by atoms with Gasteiger partial charge in [-0.3, -0.25) is 4.90 Å². The number of hydrogen-bond acceptors (Lipinski definition) is 4. The van der Waals surface area contributed by atoms with Crippen LogP contribution in [-0.2, 0) is 9.47 Å². The van der Waals surface area contributed by atoms with Crippen molar-refractivity contribution in [2.45, 2.75) is 44.8 Å². The van der Waals surface area contributed by atoms with Crippen molar-refractivity contribution in [3.05, 3.63) is 0 Å². The topological polar surface area (TPSA) is 45.5 Å². The number of ether oxygens (including phenoxy) is 2. The maximum atomic E-state index is 9.12. The van der Waals surface area contributed by atoms with Crippen LogP contribution in [0.25, 0.3) is 0 Å². The Hall–Kier alpha value is -0.630. The lowest BCUT2D eigenvalue weighted by atomic mass is 9.99. The van der Waals surface area contributed by atoms with Gasteiger partial charge in [0.25, 0.3) is 0 Å². The quantitative estimate of drug-likeness (QED) is 0.765. The van der Waals surface area contributed by atoms with Crippen LogP contribution in [0.2, 0.25) is 0 Å². The molecule has 0 aliphatic carbocycles. The average molecular weight is 252 g/mol. The van der Waals surface area contributed by atoms with Gasteiger partial charge in [-0.15, -0.1) is 0 Å². The fraction of sp³-hybridized carbons (Fsp3) is 0.929. The van der Waals surface area contributed by atoms with Gasteiger partial charge in [-0.25, -0.2) is 0 Å². The number of hydrogen-bond donors (Lipinski definition) is 0. The highest BCUT2D eigenvalue weighted by molar-refractivity contribution is 5.02. The third-order valence-corrected chi connectivity index (χ3v) is 4.10. The Balaban J connectivity index is 1.68. The Morgan fingerprint density at radius 3 is 2.61 bits per heavy atom. The number of nitriles is 1. The van der Waals surface area contributed by atoms with E-state index in [1.807, 2.05) is 13.8 Å². The molecule has 4 nitrogen and oxygen atoms in total. The molecule has 0 radical (unpaired) electrons. The van der Waals surface area contributed by atoms with Gasteiger partial charge in [0.15, 0.2) is 0 Å². The van der Waals surface area contributed by atoms with Gasteiger partial charge in [-0.05, 0) is 33.1 Å². The van der Waals surface area contributed by atoms with Crippen molar-refractivity contribution in [2.75, 3.05) is 32.9 Å². The molecule has 0 saturated carbocycles. The molecule has 0 aromatic heterocycles. The van der Waals surface area contributed by atoms with Crippen molar-refractivity contribution in [3.63, 3.8) is 0 Å². The third kappa shape index (κ3) is 3.44. The summed E-state index contributed by atoms with van der Waals surface area (Å²) in [5.41, 5.74) is -0.343. The van der Waals surface area contributed by atoms with Crippen LogP contribution in [0.15, 0.2) is 0 Å². The van der Waals surface area contributed by atoms with Gasteiger partial charge in [-0.1, -0.05) is 0 Å². The summed E-state index contributed by atoms with van der Waals surface area (Å²) in [6, 6.07) is 2.37. The summed E-state index contributed by atoms with van der Waals surface area (Å²) in [5.74, 6) is 0.596. The molecule has 0 aromatic rings. The second-order valence-electron chi connectivity index (χ2n) is 5.92. The Labute approximate surface area is 110 Å². The molecular formula is C14H24N2O2. The third-order valence-electron chi connectivity index (χ3n) is 4.10. The summed E-state index contributed by atoms with van der Waals surface area (Å²) in [5, 5.41) is 9.12. The average Bonchev–Trinajstić information content (AvgIpc) is 2.90. The van der Waals surface area contributed by atoms with E-state index in [1.54, 1.807) is 0 Å². The lowest BCUT2D eigenvalue weighted by Crippen LogP contribution is -2.48. The molecule has 4 heteroatoms. The summed E-state index contributed by atoms with van der Waals surface area (Å²) >= 11 is 0. The summed E-state index contributed by atoms with van der Waals surface area (Å²) < 4.78 is 11.3. The van der Waals surface area contributed by atoms with E-state index < -0.39 is 0 Å². The summed E-state index contributed by atoms with van der Waals surface area (Å²) in [6.07, 6.45) is 3.59. The van der Waals surface area contributed by atoms with Crippen LogP contribution in [0.4, 0.5) is 0 Å². The van der Waals surface area contributed by atoms with Crippen LogP contribution in [-0.4, -0.2) is 49.5 Å². The molecular weight excluding hydrogens is 228 g/mol. The van der Waals surface area contributed by atoms with Crippen molar-refractivity contribution in [2.24, 2.45) is 5.92 Å². The molecule has 2 aliphatic heterocycles. The number of rotatable bonds is 4. The van der Waals surface area contributed by atoms with Gasteiger partial charge in [0.1, 0.15) is 5.54 Å². The zero-order valence-electron chi connectivity index (χ0n) is 11.5. The van der Waals surface area contributed by atoms with Crippen molar-refractivity contribution in [1.82, 2.24) is 4.90 Å². The summed E-state index contributed by atoms with van der Waals surface area (Å²) in [6.45, 7) is 8.50. The molecule has 2 aliphatic rings. The van der Waals surface area contributed by atoms with E-state index in [1.165, 1.54) is 0 Å². The number of nitrogens with zero attached hydrogens (tertiary/aromatic N) is 2. The predicted molar refractivity (Wildman–Crippen MR) is 69.2 cm³/mol. The smallest absolute Gasteiger partial charge is 0.103 e. The van der Waals surface area contributed by atoms with E-state index in [9.17, 15) is 0 Å². The molecule has 2 saturated heterocycles. The predicted octanol–water partition coefficient (Wildman–Crippen LogP) is 1.81. The highest BCUT2D eigenvalue weighted by Crippen LogP contribution is 2.23. The molecule has 0 spiro atoms. The summed E-state index contributed by atoms with van der Waals surface area (Å²) in [4.78, 5) is 2.26. The van der Waals surface area contributed by atoms with Crippen LogP contribution < -0.4 is 0 Å². The molecule has 2 heterocycles. The minimum Gasteiger partial charge on any atom is -0.381 e. The number of likely N-dealkylation sites (tertiary alicyclic amines) is 1. The molecule has 0 N–H and O–H groups in total. The highest BCUT2D eigenvalue weighted by atomic mass is 16.5. The minimum atomic E-state index is -0.343. The normalized spacial score (nSPS) is 27.3. The van der Waals surface area contributed by atoms with Crippen LogP contribution in [0.1, 0.15) is 33.1 Å². The van der Waals surface area contributed by atoms with E-state index in [4.69, 9.17) is 14.7 Å². The van der Waals surface area contributed by atoms with E-state index in [2.05, 4.69) is 11.0 Å².